The lowest BCUT2D eigenvalue weighted by molar-refractivity contribution is 0.589. The van der Waals surface area contributed by atoms with Gasteiger partial charge in [-0.3, -0.25) is 4.98 Å². The quantitative estimate of drug-likeness (QED) is 0.588. The van der Waals surface area contributed by atoms with Crippen LogP contribution in [0.25, 0.3) is 22.4 Å². The summed E-state index contributed by atoms with van der Waals surface area (Å²) in [6.07, 6.45) is 1.91. The Bertz CT molecular complexity index is 767. The summed E-state index contributed by atoms with van der Waals surface area (Å²) in [7, 11) is 0. The molecule has 3 rings (SSSR count). The summed E-state index contributed by atoms with van der Waals surface area (Å²) in [6.45, 7) is 6.69. The molecule has 22 heavy (non-hydrogen) atoms. The van der Waals surface area contributed by atoms with Crippen molar-refractivity contribution in [2.45, 2.75) is 26.2 Å². The zero-order valence-electron chi connectivity index (χ0n) is 13.4. The first-order valence-electron chi connectivity index (χ1n) is 7.66. The van der Waals surface area contributed by atoms with Crippen molar-refractivity contribution in [3.8, 4) is 22.4 Å². The van der Waals surface area contributed by atoms with Crippen molar-refractivity contribution in [1.82, 2.24) is 4.98 Å². The lowest BCUT2D eigenvalue weighted by atomic mass is 9.87. The molecule has 0 unspecified atom stereocenters. The van der Waals surface area contributed by atoms with Crippen molar-refractivity contribution in [3.05, 3.63) is 78.5 Å². The van der Waals surface area contributed by atoms with Crippen molar-refractivity contribution >= 4 is 0 Å². The number of hydrogen-bond acceptors (Lipinski definition) is 1. The van der Waals surface area contributed by atoms with E-state index in [2.05, 4.69) is 86.4 Å². The highest BCUT2D eigenvalue weighted by atomic mass is 14.7. The first kappa shape index (κ1) is 14.5. The third kappa shape index (κ3) is 3.09. The zero-order chi connectivity index (χ0) is 15.6. The summed E-state index contributed by atoms with van der Waals surface area (Å²) >= 11 is 0. The lowest BCUT2D eigenvalue weighted by Crippen LogP contribution is -2.11. The maximum atomic E-state index is 4.56. The number of benzene rings is 2. The molecule has 1 heteroatoms. The van der Waals surface area contributed by atoms with Gasteiger partial charge < -0.3 is 0 Å². The van der Waals surface area contributed by atoms with Crippen LogP contribution in [-0.2, 0) is 5.41 Å². The van der Waals surface area contributed by atoms with Gasteiger partial charge in [0, 0.05) is 11.8 Å². The molecule has 1 heterocycles. The van der Waals surface area contributed by atoms with Gasteiger partial charge in [-0.05, 0) is 40.3 Å². The predicted octanol–water partition coefficient (Wildman–Crippen LogP) is 5.71. The van der Waals surface area contributed by atoms with E-state index in [1.807, 2.05) is 12.3 Å². The third-order valence-electron chi connectivity index (χ3n) is 3.89. The van der Waals surface area contributed by atoms with Crippen LogP contribution < -0.4 is 0 Å². The van der Waals surface area contributed by atoms with Crippen molar-refractivity contribution in [2.75, 3.05) is 0 Å². The molecule has 0 fully saturated rings. The maximum Gasteiger partial charge on any atom is 0.0705 e. The second-order valence-electron chi connectivity index (χ2n) is 6.63. The predicted molar refractivity (Wildman–Crippen MR) is 93.8 cm³/mol. The second kappa shape index (κ2) is 5.76. The monoisotopic (exact) mass is 287 g/mol. The third-order valence-corrected chi connectivity index (χ3v) is 3.89. The summed E-state index contributed by atoms with van der Waals surface area (Å²) in [5, 5.41) is 0. The lowest BCUT2D eigenvalue weighted by Gasteiger charge is -2.19. The van der Waals surface area contributed by atoms with Gasteiger partial charge in [-0.25, -0.2) is 0 Å². The fraction of sp³-hybridized carbons (Fsp3) is 0.190. The first-order chi connectivity index (χ1) is 10.5. The molecule has 0 saturated heterocycles. The molecule has 110 valence electrons. The molecule has 2 aromatic carbocycles. The molecule has 0 N–H and O–H groups in total. The minimum absolute atomic E-state index is 0.134. The normalized spacial score (nSPS) is 11.4. The van der Waals surface area contributed by atoms with E-state index in [0.29, 0.717) is 0 Å². The Hall–Kier alpha value is -2.41. The summed E-state index contributed by atoms with van der Waals surface area (Å²) < 4.78 is 0. The Morgan fingerprint density at radius 2 is 1.36 bits per heavy atom. The molecule has 0 saturated carbocycles. The highest BCUT2D eigenvalue weighted by Crippen LogP contribution is 2.28. The van der Waals surface area contributed by atoms with E-state index in [-0.39, 0.29) is 5.41 Å². The van der Waals surface area contributed by atoms with Gasteiger partial charge in [0.05, 0.1) is 5.69 Å². The zero-order valence-corrected chi connectivity index (χ0v) is 13.4. The fourth-order valence-corrected chi connectivity index (χ4v) is 2.54. The van der Waals surface area contributed by atoms with Crippen molar-refractivity contribution < 1.29 is 0 Å². The molecular weight excluding hydrogens is 266 g/mol. The minimum Gasteiger partial charge on any atom is -0.256 e. The van der Waals surface area contributed by atoms with Crippen molar-refractivity contribution in [1.29, 1.82) is 0 Å². The van der Waals surface area contributed by atoms with Crippen LogP contribution >= 0.6 is 0 Å². The van der Waals surface area contributed by atoms with E-state index in [1.165, 1.54) is 16.7 Å². The van der Waals surface area contributed by atoms with Crippen LogP contribution in [0.5, 0.6) is 0 Å². The average molecular weight is 287 g/mol. The molecule has 0 atom stereocenters. The van der Waals surface area contributed by atoms with Gasteiger partial charge in [0.1, 0.15) is 0 Å². The van der Waals surface area contributed by atoms with Crippen molar-refractivity contribution in [3.63, 3.8) is 0 Å². The largest absolute Gasteiger partial charge is 0.256 e. The molecule has 0 aliphatic heterocycles. The van der Waals surface area contributed by atoms with E-state index < -0.39 is 0 Å². The van der Waals surface area contributed by atoms with Crippen LogP contribution in [0.3, 0.4) is 0 Å². The van der Waals surface area contributed by atoms with Crippen LogP contribution in [0.4, 0.5) is 0 Å². The number of rotatable bonds is 2. The maximum absolute atomic E-state index is 4.56. The van der Waals surface area contributed by atoms with E-state index in [4.69, 9.17) is 0 Å². The summed E-state index contributed by atoms with van der Waals surface area (Å²) in [6, 6.07) is 23.3. The van der Waals surface area contributed by atoms with Gasteiger partial charge in [0.15, 0.2) is 0 Å². The van der Waals surface area contributed by atoms with E-state index in [9.17, 15) is 0 Å². The Morgan fingerprint density at radius 3 is 2.09 bits per heavy atom. The van der Waals surface area contributed by atoms with Gasteiger partial charge in [-0.1, -0.05) is 69.3 Å². The average Bonchev–Trinajstić information content (AvgIpc) is 2.55. The molecule has 3 aromatic rings. The van der Waals surface area contributed by atoms with Gasteiger partial charge in [0.2, 0.25) is 0 Å². The molecule has 0 amide bonds. The van der Waals surface area contributed by atoms with E-state index >= 15 is 0 Å². The Labute approximate surface area is 132 Å². The molecule has 1 nitrogen and oxygen atoms in total. The molecule has 0 bridgehead atoms. The van der Waals surface area contributed by atoms with Gasteiger partial charge in [-0.2, -0.15) is 0 Å². The van der Waals surface area contributed by atoms with Crippen LogP contribution in [0.1, 0.15) is 26.3 Å². The minimum atomic E-state index is 0.134. The first-order valence-corrected chi connectivity index (χ1v) is 7.66. The SMILES string of the molecule is CC(C)(C)c1ccnc(-c2cccc(-c3ccccc3)c2)c1. The van der Waals surface area contributed by atoms with Crippen LogP contribution in [0.2, 0.25) is 0 Å². The Kier molecular flexibility index (Phi) is 3.81. The van der Waals surface area contributed by atoms with Crippen LogP contribution in [0.15, 0.2) is 72.9 Å². The van der Waals surface area contributed by atoms with Gasteiger partial charge >= 0.3 is 0 Å². The molecular formula is C21H21N. The molecule has 0 aliphatic rings. The molecule has 0 spiro atoms. The fourth-order valence-electron chi connectivity index (χ4n) is 2.54. The van der Waals surface area contributed by atoms with Gasteiger partial charge in [-0.15, -0.1) is 0 Å². The molecule has 0 aliphatic carbocycles. The molecule has 1 aromatic heterocycles. The molecule has 0 radical (unpaired) electrons. The second-order valence-corrected chi connectivity index (χ2v) is 6.63. The topological polar surface area (TPSA) is 12.9 Å². The number of aromatic nitrogens is 1. The number of nitrogens with zero attached hydrogens (tertiary/aromatic N) is 1. The Morgan fingerprint density at radius 1 is 0.682 bits per heavy atom. The number of hydrogen-bond donors (Lipinski definition) is 0. The smallest absolute Gasteiger partial charge is 0.0705 e. The Balaban J connectivity index is 2.03. The highest BCUT2D eigenvalue weighted by Gasteiger charge is 2.14. The standard InChI is InChI=1S/C21H21N/c1-21(2,3)19-12-13-22-20(15-19)18-11-7-10-17(14-18)16-8-5-4-6-9-16/h4-15H,1-3H3. The van der Waals surface area contributed by atoms with Crippen LogP contribution in [-0.4, -0.2) is 4.98 Å². The van der Waals surface area contributed by atoms with Crippen molar-refractivity contribution in [2.24, 2.45) is 0 Å². The highest BCUT2D eigenvalue weighted by molar-refractivity contribution is 5.71. The van der Waals surface area contributed by atoms with Crippen LogP contribution in [0, 0.1) is 0 Å². The summed E-state index contributed by atoms with van der Waals surface area (Å²) in [5.41, 5.74) is 6.09. The number of pyridine rings is 1. The van der Waals surface area contributed by atoms with Gasteiger partial charge in [0.25, 0.3) is 0 Å². The summed E-state index contributed by atoms with van der Waals surface area (Å²) in [5.74, 6) is 0. The summed E-state index contributed by atoms with van der Waals surface area (Å²) in [4.78, 5) is 4.56. The van der Waals surface area contributed by atoms with E-state index in [0.717, 1.165) is 11.3 Å². The van der Waals surface area contributed by atoms with E-state index in [1.54, 1.807) is 0 Å².